The second-order valence-corrected chi connectivity index (χ2v) is 5.96. The van der Waals surface area contributed by atoms with Crippen molar-refractivity contribution in [2.45, 2.75) is 25.8 Å². The fourth-order valence-corrected chi connectivity index (χ4v) is 3.03. The van der Waals surface area contributed by atoms with Crippen molar-refractivity contribution in [1.82, 2.24) is 15.5 Å². The lowest BCUT2D eigenvalue weighted by Crippen LogP contribution is -2.23. The number of rotatable bonds is 4. The van der Waals surface area contributed by atoms with E-state index in [1.165, 1.54) is 17.5 Å². The molecule has 1 N–H and O–H groups in total. The molecule has 1 aromatic carbocycles. The summed E-state index contributed by atoms with van der Waals surface area (Å²) in [4.78, 5) is 16.3. The predicted molar refractivity (Wildman–Crippen MR) is 89.4 cm³/mol. The standard InChI is InChI=1S/C19H17N3O2/c23-19(17-10-18(24-22-17)16-5-2-8-20-12-16)21-11-13-6-7-14-3-1-4-15(14)9-13/h2,5-10,12H,1,3-4,11H2,(H,21,23). The normalized spacial score (nSPS) is 12.8. The van der Waals surface area contributed by atoms with Gasteiger partial charge in [-0.25, -0.2) is 0 Å². The number of aryl methyl sites for hydroxylation is 2. The second kappa shape index (κ2) is 6.28. The molecule has 0 unspecified atom stereocenters. The predicted octanol–water partition coefficient (Wildman–Crippen LogP) is 3.16. The molecule has 5 heteroatoms. The molecule has 0 aliphatic heterocycles. The van der Waals surface area contributed by atoms with Crippen molar-refractivity contribution in [1.29, 1.82) is 0 Å². The van der Waals surface area contributed by atoms with E-state index in [1.807, 2.05) is 12.1 Å². The van der Waals surface area contributed by atoms with Crippen LogP contribution in [0, 0.1) is 0 Å². The number of nitrogens with zero attached hydrogens (tertiary/aromatic N) is 2. The van der Waals surface area contributed by atoms with E-state index in [0.717, 1.165) is 24.0 Å². The van der Waals surface area contributed by atoms with Crippen molar-refractivity contribution >= 4 is 5.91 Å². The van der Waals surface area contributed by atoms with Gasteiger partial charge in [0.2, 0.25) is 0 Å². The SMILES string of the molecule is O=C(NCc1ccc2c(c1)CCC2)c1cc(-c2cccnc2)on1. The number of hydrogen-bond acceptors (Lipinski definition) is 4. The Hall–Kier alpha value is -2.95. The smallest absolute Gasteiger partial charge is 0.273 e. The lowest BCUT2D eigenvalue weighted by atomic mass is 10.1. The number of benzene rings is 1. The summed E-state index contributed by atoms with van der Waals surface area (Å²) in [5.41, 5.74) is 5.02. The number of amides is 1. The molecule has 2 heterocycles. The molecule has 0 atom stereocenters. The van der Waals surface area contributed by atoms with E-state index in [1.54, 1.807) is 18.5 Å². The molecule has 3 aromatic rings. The van der Waals surface area contributed by atoms with Crippen LogP contribution in [0.2, 0.25) is 0 Å². The van der Waals surface area contributed by atoms with Crippen LogP contribution in [0.15, 0.2) is 53.3 Å². The first-order valence-electron chi connectivity index (χ1n) is 8.05. The molecule has 120 valence electrons. The largest absolute Gasteiger partial charge is 0.355 e. The Kier molecular flexibility index (Phi) is 3.83. The van der Waals surface area contributed by atoms with E-state index in [0.29, 0.717) is 12.3 Å². The van der Waals surface area contributed by atoms with Gasteiger partial charge in [-0.05, 0) is 48.1 Å². The average Bonchev–Trinajstić information content (AvgIpc) is 3.29. The summed E-state index contributed by atoms with van der Waals surface area (Å²) in [6, 6.07) is 11.7. The lowest BCUT2D eigenvalue weighted by Gasteiger charge is -2.06. The van der Waals surface area contributed by atoms with Crippen LogP contribution in [0.25, 0.3) is 11.3 Å². The number of aromatic nitrogens is 2. The Morgan fingerprint density at radius 3 is 2.96 bits per heavy atom. The molecule has 1 amide bonds. The monoisotopic (exact) mass is 319 g/mol. The van der Waals surface area contributed by atoms with Gasteiger partial charge in [0.15, 0.2) is 11.5 Å². The molecule has 5 nitrogen and oxygen atoms in total. The number of pyridine rings is 1. The summed E-state index contributed by atoms with van der Waals surface area (Å²) in [7, 11) is 0. The summed E-state index contributed by atoms with van der Waals surface area (Å²) in [5.74, 6) is 0.292. The van der Waals surface area contributed by atoms with E-state index in [2.05, 4.69) is 33.7 Å². The van der Waals surface area contributed by atoms with Crippen molar-refractivity contribution in [3.8, 4) is 11.3 Å². The summed E-state index contributed by atoms with van der Waals surface area (Å²) in [6.07, 6.45) is 6.88. The minimum Gasteiger partial charge on any atom is -0.355 e. The van der Waals surface area contributed by atoms with Gasteiger partial charge >= 0.3 is 0 Å². The molecule has 0 radical (unpaired) electrons. The maximum Gasteiger partial charge on any atom is 0.273 e. The maximum absolute atomic E-state index is 12.2. The highest BCUT2D eigenvalue weighted by Crippen LogP contribution is 2.23. The minimum atomic E-state index is -0.241. The van der Waals surface area contributed by atoms with Gasteiger partial charge in [0.25, 0.3) is 5.91 Å². The van der Waals surface area contributed by atoms with Gasteiger partial charge in [0, 0.05) is 30.6 Å². The number of carbonyl (C=O) groups excluding carboxylic acids is 1. The van der Waals surface area contributed by atoms with Gasteiger partial charge in [-0.1, -0.05) is 23.4 Å². The number of fused-ring (bicyclic) bond motifs is 1. The van der Waals surface area contributed by atoms with Crippen LogP contribution in [-0.2, 0) is 19.4 Å². The van der Waals surface area contributed by atoms with Crippen LogP contribution >= 0.6 is 0 Å². The van der Waals surface area contributed by atoms with E-state index in [4.69, 9.17) is 4.52 Å². The molecular weight excluding hydrogens is 302 g/mol. The third-order valence-electron chi connectivity index (χ3n) is 4.30. The van der Waals surface area contributed by atoms with Crippen molar-refractivity contribution in [3.63, 3.8) is 0 Å². The zero-order valence-electron chi connectivity index (χ0n) is 13.2. The average molecular weight is 319 g/mol. The zero-order chi connectivity index (χ0) is 16.4. The van der Waals surface area contributed by atoms with Gasteiger partial charge in [-0.2, -0.15) is 0 Å². The van der Waals surface area contributed by atoms with Gasteiger partial charge in [-0.3, -0.25) is 9.78 Å². The van der Waals surface area contributed by atoms with Gasteiger partial charge in [0.05, 0.1) is 0 Å². The third-order valence-corrected chi connectivity index (χ3v) is 4.30. The number of hydrogen-bond donors (Lipinski definition) is 1. The molecule has 0 spiro atoms. The van der Waals surface area contributed by atoms with Crippen molar-refractivity contribution < 1.29 is 9.32 Å². The third kappa shape index (κ3) is 2.93. The lowest BCUT2D eigenvalue weighted by molar-refractivity contribution is 0.0942. The van der Waals surface area contributed by atoms with E-state index >= 15 is 0 Å². The molecule has 1 aliphatic carbocycles. The molecule has 2 aromatic heterocycles. The van der Waals surface area contributed by atoms with E-state index in [-0.39, 0.29) is 11.6 Å². The van der Waals surface area contributed by atoms with Crippen molar-refractivity contribution in [3.05, 3.63) is 71.2 Å². The Morgan fingerprint density at radius 2 is 2.08 bits per heavy atom. The fraction of sp³-hybridized carbons (Fsp3) is 0.211. The van der Waals surface area contributed by atoms with Crippen LogP contribution in [0.3, 0.4) is 0 Å². The molecule has 24 heavy (non-hydrogen) atoms. The first-order valence-corrected chi connectivity index (χ1v) is 8.05. The van der Waals surface area contributed by atoms with Crippen molar-refractivity contribution in [2.24, 2.45) is 0 Å². The van der Waals surface area contributed by atoms with Crippen LogP contribution in [-0.4, -0.2) is 16.0 Å². The minimum absolute atomic E-state index is 0.241. The molecule has 4 rings (SSSR count). The first-order chi connectivity index (χ1) is 11.8. The van der Waals surface area contributed by atoms with Crippen LogP contribution in [0.4, 0.5) is 0 Å². The summed E-state index contributed by atoms with van der Waals surface area (Å²) < 4.78 is 5.23. The maximum atomic E-state index is 12.2. The molecule has 0 saturated carbocycles. The highest BCUT2D eigenvalue weighted by molar-refractivity contribution is 5.93. The first kappa shape index (κ1) is 14.6. The topological polar surface area (TPSA) is 68.0 Å². The zero-order valence-corrected chi connectivity index (χ0v) is 13.2. The quantitative estimate of drug-likeness (QED) is 0.802. The molecular formula is C19H17N3O2. The highest BCUT2D eigenvalue weighted by atomic mass is 16.5. The van der Waals surface area contributed by atoms with E-state index < -0.39 is 0 Å². The number of nitrogens with one attached hydrogen (secondary N) is 1. The Labute approximate surface area is 139 Å². The molecule has 0 bridgehead atoms. The summed E-state index contributed by atoms with van der Waals surface area (Å²) in [5, 5.41) is 6.74. The molecule has 1 aliphatic rings. The summed E-state index contributed by atoms with van der Waals surface area (Å²) >= 11 is 0. The molecule has 0 fully saturated rings. The van der Waals surface area contributed by atoms with Crippen LogP contribution in [0.1, 0.15) is 33.6 Å². The van der Waals surface area contributed by atoms with Gasteiger partial charge in [-0.15, -0.1) is 0 Å². The van der Waals surface area contributed by atoms with E-state index in [9.17, 15) is 4.79 Å². The van der Waals surface area contributed by atoms with Gasteiger partial charge in [0.1, 0.15) is 0 Å². The van der Waals surface area contributed by atoms with Crippen LogP contribution < -0.4 is 5.32 Å². The number of carbonyl (C=O) groups is 1. The highest BCUT2D eigenvalue weighted by Gasteiger charge is 2.15. The van der Waals surface area contributed by atoms with Crippen molar-refractivity contribution in [2.75, 3.05) is 0 Å². The van der Waals surface area contributed by atoms with Gasteiger partial charge < -0.3 is 9.84 Å². The van der Waals surface area contributed by atoms with Crippen LogP contribution in [0.5, 0.6) is 0 Å². The molecule has 0 saturated heterocycles. The second-order valence-electron chi connectivity index (χ2n) is 5.96. The Balaban J connectivity index is 1.42. The summed E-state index contributed by atoms with van der Waals surface area (Å²) in [6.45, 7) is 0.487. The fourth-order valence-electron chi connectivity index (χ4n) is 3.03. The Morgan fingerprint density at radius 1 is 1.17 bits per heavy atom. The Bertz CT molecular complexity index is 871.